The van der Waals surface area contributed by atoms with Crippen molar-refractivity contribution in [3.8, 4) is 0 Å². The second-order valence-electron chi connectivity index (χ2n) is 18.3. The highest BCUT2D eigenvalue weighted by Gasteiger charge is 2.28. The zero-order valence-corrected chi connectivity index (χ0v) is 48.9. The molecule has 0 saturated heterocycles. The molecule has 0 fully saturated rings. The Kier molecular flexibility index (Phi) is 54.2. The first-order valence-corrected chi connectivity index (χ1v) is 30.5. The molecule has 3 atom stereocenters. The second kappa shape index (κ2) is 58.0. The Hall–Kier alpha value is -5.16. The average molecular weight is 1100 g/mol. The molecule has 0 radical (unpaired) electrons. The summed E-state index contributed by atoms with van der Waals surface area (Å²) in [6, 6.07) is 0. The molecule has 0 heterocycles. The van der Waals surface area contributed by atoms with Crippen molar-refractivity contribution in [3.63, 3.8) is 0 Å². The van der Waals surface area contributed by atoms with Gasteiger partial charge in [0, 0.05) is 19.3 Å². The molecule has 12 heteroatoms. The SMILES string of the molecule is CC/C=C\C/C=C\C/C=C\C/C=C\C/C=C\C/C=C\CCC(=O)OC(COC(=O)CCCCCCCC/C=C\C/C=C\C/C=C\C/C=C\CC)COP(=O)(O)OCC(CO)OC(=O)CC/C=C\C/C=C\C/C=C\C/C=C\CC. The topological polar surface area (TPSA) is 155 Å². The summed E-state index contributed by atoms with van der Waals surface area (Å²) >= 11 is 0. The maximum Gasteiger partial charge on any atom is 0.472 e. The number of unbranched alkanes of at least 4 members (excludes halogenated alkanes) is 6. The van der Waals surface area contributed by atoms with Gasteiger partial charge in [0.15, 0.2) is 6.10 Å². The molecule has 0 aliphatic heterocycles. The third kappa shape index (κ3) is 55.6. The lowest BCUT2D eigenvalue weighted by atomic mass is 10.1. The van der Waals surface area contributed by atoms with E-state index in [1.54, 1.807) is 0 Å². The number of phosphoric acid groups is 1. The Bertz CT molecular complexity index is 1960. The van der Waals surface area contributed by atoms with Gasteiger partial charge in [0.2, 0.25) is 0 Å². The van der Waals surface area contributed by atoms with Crippen LogP contribution in [0.5, 0.6) is 0 Å². The zero-order valence-electron chi connectivity index (χ0n) is 48.0. The number of carbonyl (C=O) groups excluding carboxylic acids is 3. The van der Waals surface area contributed by atoms with Gasteiger partial charge in [0.05, 0.1) is 19.8 Å². The summed E-state index contributed by atoms with van der Waals surface area (Å²) in [6.45, 7) is 4.08. The van der Waals surface area contributed by atoms with Crippen molar-refractivity contribution in [3.05, 3.63) is 170 Å². The quantitative estimate of drug-likeness (QED) is 0.0197. The molecule has 0 saturated carbocycles. The predicted molar refractivity (Wildman–Crippen MR) is 325 cm³/mol. The molecule has 0 aromatic rings. The first kappa shape index (κ1) is 72.8. The van der Waals surface area contributed by atoms with E-state index in [1.165, 1.54) is 0 Å². The largest absolute Gasteiger partial charge is 0.472 e. The van der Waals surface area contributed by atoms with E-state index in [-0.39, 0.29) is 19.3 Å². The number of aliphatic hydroxyl groups is 1. The van der Waals surface area contributed by atoms with E-state index in [0.717, 1.165) is 122 Å². The number of hydrogen-bond donors (Lipinski definition) is 2. The number of aliphatic hydroxyl groups excluding tert-OH is 1. The van der Waals surface area contributed by atoms with Gasteiger partial charge in [-0.1, -0.05) is 217 Å². The molecule has 0 aromatic heterocycles. The van der Waals surface area contributed by atoms with E-state index in [0.29, 0.717) is 25.7 Å². The lowest BCUT2D eigenvalue weighted by molar-refractivity contribution is -0.161. The summed E-state index contributed by atoms with van der Waals surface area (Å²) in [6.07, 6.45) is 77.7. The van der Waals surface area contributed by atoms with Crippen molar-refractivity contribution in [1.29, 1.82) is 0 Å². The molecule has 11 nitrogen and oxygen atoms in total. The van der Waals surface area contributed by atoms with E-state index in [4.69, 9.17) is 23.3 Å². The minimum atomic E-state index is -4.80. The zero-order chi connectivity index (χ0) is 56.9. The van der Waals surface area contributed by atoms with Crippen LogP contribution in [0.25, 0.3) is 0 Å². The van der Waals surface area contributed by atoms with Gasteiger partial charge in [0.1, 0.15) is 12.7 Å². The standard InChI is InChI=1S/C66H101O11P/c1-4-7-10-13-16-19-22-25-27-29-31-33-35-38-40-43-46-49-52-55-64(68)73-59-63(77-66(70)57-54-51-48-45-42-39-36-34-32-30-28-26-23-20-17-14-11-8-5-2)61-75-78(71,72)74-60-62(58-67)76-65(69)56-53-50-47-44-41-37-24-21-18-15-12-9-6-3/h7-12,16-21,25-28,31-34,37,39,41-42,47-48,50-51,62-63,67H,4-6,13-15,22-24,29-30,35-36,38,40,43-46,49,52-61H2,1-3H3,(H,71,72)/b10-7-,11-8-,12-9-,19-16-,20-17-,21-18-,27-25-,28-26-,33-31-,34-32-,41-37-,42-39-,50-47-,51-48-. The van der Waals surface area contributed by atoms with Crippen LogP contribution in [0.15, 0.2) is 170 Å². The fraction of sp³-hybridized carbons (Fsp3) is 0.530. The van der Waals surface area contributed by atoms with Gasteiger partial charge in [-0.05, 0) is 122 Å². The van der Waals surface area contributed by atoms with Gasteiger partial charge in [-0.3, -0.25) is 23.4 Å². The molecule has 0 rings (SSSR count). The summed E-state index contributed by atoms with van der Waals surface area (Å²) in [4.78, 5) is 48.5. The first-order chi connectivity index (χ1) is 38.2. The second-order valence-corrected chi connectivity index (χ2v) is 19.8. The molecule has 0 aromatic carbocycles. The van der Waals surface area contributed by atoms with E-state index < -0.39 is 64.4 Å². The number of phosphoric ester groups is 1. The maximum atomic E-state index is 12.9. The molecule has 0 aliphatic rings. The Morgan fingerprint density at radius 1 is 0.359 bits per heavy atom. The highest BCUT2D eigenvalue weighted by atomic mass is 31.2. The highest BCUT2D eigenvalue weighted by Crippen LogP contribution is 2.43. The lowest BCUT2D eigenvalue weighted by Gasteiger charge is -2.21. The minimum Gasteiger partial charge on any atom is -0.462 e. The molecule has 0 aliphatic carbocycles. The van der Waals surface area contributed by atoms with Crippen LogP contribution in [0.2, 0.25) is 0 Å². The minimum absolute atomic E-state index is 0.0230. The van der Waals surface area contributed by atoms with E-state index in [2.05, 4.69) is 161 Å². The predicted octanol–water partition coefficient (Wildman–Crippen LogP) is 17.5. The van der Waals surface area contributed by atoms with Crippen LogP contribution in [0.4, 0.5) is 0 Å². The molecule has 436 valence electrons. The van der Waals surface area contributed by atoms with Gasteiger partial charge in [-0.2, -0.15) is 0 Å². The fourth-order valence-electron chi connectivity index (χ4n) is 6.86. The summed E-state index contributed by atoms with van der Waals surface area (Å²) < 4.78 is 39.3. The average Bonchev–Trinajstić information content (AvgIpc) is 3.43. The van der Waals surface area contributed by atoms with Crippen LogP contribution < -0.4 is 0 Å². The van der Waals surface area contributed by atoms with Crippen LogP contribution >= 0.6 is 7.82 Å². The van der Waals surface area contributed by atoms with E-state index in [9.17, 15) is 28.9 Å². The first-order valence-electron chi connectivity index (χ1n) is 29.0. The normalized spacial score (nSPS) is 14.6. The number of rotatable bonds is 51. The highest BCUT2D eigenvalue weighted by molar-refractivity contribution is 7.47. The maximum absolute atomic E-state index is 12.9. The van der Waals surface area contributed by atoms with Gasteiger partial charge in [-0.15, -0.1) is 0 Å². The van der Waals surface area contributed by atoms with Crippen molar-refractivity contribution in [2.24, 2.45) is 0 Å². The lowest BCUT2D eigenvalue weighted by Crippen LogP contribution is -2.30. The van der Waals surface area contributed by atoms with Crippen molar-refractivity contribution in [1.82, 2.24) is 0 Å². The molecule has 3 unspecified atom stereocenters. The molecule has 0 amide bonds. The fourth-order valence-corrected chi connectivity index (χ4v) is 7.64. The Balaban J connectivity index is 4.95. The summed E-state index contributed by atoms with van der Waals surface area (Å²) in [5.74, 6) is -1.70. The monoisotopic (exact) mass is 1100 g/mol. The molecule has 0 spiro atoms. The van der Waals surface area contributed by atoms with E-state index in [1.807, 2.05) is 30.4 Å². The Morgan fingerprint density at radius 3 is 1.01 bits per heavy atom. The summed E-state index contributed by atoms with van der Waals surface area (Å²) in [7, 11) is -4.80. The van der Waals surface area contributed by atoms with Crippen molar-refractivity contribution < 1.29 is 52.2 Å². The third-order valence-electron chi connectivity index (χ3n) is 11.1. The van der Waals surface area contributed by atoms with Crippen molar-refractivity contribution >= 4 is 25.7 Å². The van der Waals surface area contributed by atoms with Crippen LogP contribution in [-0.4, -0.2) is 66.5 Å². The van der Waals surface area contributed by atoms with Crippen LogP contribution in [-0.2, 0) is 42.2 Å². The molecule has 0 bridgehead atoms. The number of esters is 3. The van der Waals surface area contributed by atoms with Crippen LogP contribution in [0, 0.1) is 0 Å². The number of allylic oxidation sites excluding steroid dienone is 28. The smallest absolute Gasteiger partial charge is 0.462 e. The molecule has 78 heavy (non-hydrogen) atoms. The van der Waals surface area contributed by atoms with Crippen molar-refractivity contribution in [2.45, 2.75) is 200 Å². The van der Waals surface area contributed by atoms with Gasteiger partial charge < -0.3 is 24.2 Å². The molecule has 2 N–H and O–H groups in total. The van der Waals surface area contributed by atoms with Crippen molar-refractivity contribution in [2.75, 3.05) is 26.4 Å². The van der Waals surface area contributed by atoms with Gasteiger partial charge >= 0.3 is 25.7 Å². The number of ether oxygens (including phenoxy) is 3. The van der Waals surface area contributed by atoms with Gasteiger partial charge in [0.25, 0.3) is 0 Å². The van der Waals surface area contributed by atoms with Crippen LogP contribution in [0.1, 0.15) is 188 Å². The number of hydrogen-bond acceptors (Lipinski definition) is 10. The van der Waals surface area contributed by atoms with E-state index >= 15 is 0 Å². The molecular weight excluding hydrogens is 1000 g/mol. The third-order valence-corrected chi connectivity index (χ3v) is 12.1. The number of carbonyl (C=O) groups is 3. The Morgan fingerprint density at radius 2 is 0.654 bits per heavy atom. The molecular formula is C66H101O11P. The Labute approximate surface area is 472 Å². The summed E-state index contributed by atoms with van der Waals surface area (Å²) in [5.41, 5.74) is 0. The van der Waals surface area contributed by atoms with Crippen LogP contribution in [0.3, 0.4) is 0 Å². The summed E-state index contributed by atoms with van der Waals surface area (Å²) in [5, 5.41) is 9.79. The van der Waals surface area contributed by atoms with Gasteiger partial charge in [-0.25, -0.2) is 4.57 Å².